The standard InChI is InChI=1S/C25H21N3OS2/c1-17-7-2-3-9-21(17)29-19-13-11-18(12-14-19)28-24(22-10-6-16-31-22)23(27-25(28)30)20-8-4-5-15-26-20/h2-16,23-24H,1H3,(H,27,30)/t23-,24+/m1/s1. The molecule has 1 fully saturated rings. The van der Waals surface area contributed by atoms with Crippen molar-refractivity contribution in [3.63, 3.8) is 0 Å². The van der Waals surface area contributed by atoms with Gasteiger partial charge in [-0.1, -0.05) is 30.3 Å². The molecule has 0 radical (unpaired) electrons. The highest BCUT2D eigenvalue weighted by molar-refractivity contribution is 7.80. The van der Waals surface area contributed by atoms with E-state index in [1.165, 1.54) is 4.88 Å². The van der Waals surface area contributed by atoms with Crippen LogP contribution in [-0.2, 0) is 0 Å². The van der Waals surface area contributed by atoms with Crippen molar-refractivity contribution in [1.82, 2.24) is 10.3 Å². The molecule has 5 rings (SSSR count). The predicted molar refractivity (Wildman–Crippen MR) is 130 cm³/mol. The molecule has 31 heavy (non-hydrogen) atoms. The molecule has 0 spiro atoms. The first-order valence-electron chi connectivity index (χ1n) is 10.1. The van der Waals surface area contributed by atoms with Crippen LogP contribution in [0.2, 0.25) is 0 Å². The van der Waals surface area contributed by atoms with E-state index in [9.17, 15) is 0 Å². The van der Waals surface area contributed by atoms with Crippen molar-refractivity contribution in [2.45, 2.75) is 19.0 Å². The van der Waals surface area contributed by atoms with Crippen molar-refractivity contribution in [2.24, 2.45) is 0 Å². The Morgan fingerprint density at radius 3 is 2.48 bits per heavy atom. The topological polar surface area (TPSA) is 37.4 Å². The van der Waals surface area contributed by atoms with Gasteiger partial charge >= 0.3 is 0 Å². The number of nitrogens with zero attached hydrogens (tertiary/aromatic N) is 2. The lowest BCUT2D eigenvalue weighted by Gasteiger charge is -2.27. The normalized spacial score (nSPS) is 18.1. The van der Waals surface area contributed by atoms with Gasteiger partial charge in [0.2, 0.25) is 0 Å². The van der Waals surface area contributed by atoms with Crippen LogP contribution in [0.1, 0.15) is 28.2 Å². The molecule has 4 nitrogen and oxygen atoms in total. The maximum Gasteiger partial charge on any atom is 0.174 e. The number of aromatic nitrogens is 1. The van der Waals surface area contributed by atoms with Crippen LogP contribution in [0.4, 0.5) is 5.69 Å². The van der Waals surface area contributed by atoms with Crippen LogP contribution in [-0.4, -0.2) is 10.1 Å². The van der Waals surface area contributed by atoms with E-state index in [2.05, 4.69) is 44.8 Å². The second kappa shape index (κ2) is 8.49. The molecule has 2 aromatic heterocycles. The largest absolute Gasteiger partial charge is 0.457 e. The zero-order valence-corrected chi connectivity index (χ0v) is 18.6. The van der Waals surface area contributed by atoms with Crippen molar-refractivity contribution in [3.8, 4) is 11.5 Å². The molecule has 1 N–H and O–H groups in total. The zero-order valence-electron chi connectivity index (χ0n) is 16.9. The number of rotatable bonds is 5. The number of hydrogen-bond acceptors (Lipinski definition) is 4. The van der Waals surface area contributed by atoms with Gasteiger partial charge in [0.15, 0.2) is 5.11 Å². The highest BCUT2D eigenvalue weighted by Crippen LogP contribution is 2.43. The molecule has 3 heterocycles. The molecule has 1 saturated heterocycles. The molecular weight excluding hydrogens is 422 g/mol. The number of thiocarbonyl (C=S) groups is 1. The van der Waals surface area contributed by atoms with Crippen molar-refractivity contribution >= 4 is 34.4 Å². The number of para-hydroxylation sites is 1. The quantitative estimate of drug-likeness (QED) is 0.360. The molecule has 0 amide bonds. The van der Waals surface area contributed by atoms with Gasteiger partial charge in [-0.25, -0.2) is 0 Å². The molecule has 1 aliphatic rings. The van der Waals surface area contributed by atoms with Crippen molar-refractivity contribution in [1.29, 1.82) is 0 Å². The summed E-state index contributed by atoms with van der Waals surface area (Å²) in [5, 5.41) is 6.29. The fraction of sp³-hybridized carbons (Fsp3) is 0.120. The highest BCUT2D eigenvalue weighted by Gasteiger charge is 2.41. The monoisotopic (exact) mass is 443 g/mol. The first-order valence-corrected chi connectivity index (χ1v) is 11.4. The SMILES string of the molecule is Cc1ccccc1Oc1ccc(N2C(=S)N[C@H](c3ccccn3)[C@@H]2c2cccs2)cc1. The minimum atomic E-state index is -0.0183. The van der Waals surface area contributed by atoms with Gasteiger partial charge in [-0.15, -0.1) is 11.3 Å². The number of aryl methyl sites for hydroxylation is 1. The van der Waals surface area contributed by atoms with Gasteiger partial charge < -0.3 is 15.0 Å². The van der Waals surface area contributed by atoms with Crippen LogP contribution in [0, 0.1) is 6.92 Å². The first-order chi connectivity index (χ1) is 15.2. The second-order valence-corrected chi connectivity index (χ2v) is 8.74. The Morgan fingerprint density at radius 2 is 1.77 bits per heavy atom. The number of nitrogens with one attached hydrogen (secondary N) is 1. The van der Waals surface area contributed by atoms with E-state index >= 15 is 0 Å². The smallest absolute Gasteiger partial charge is 0.174 e. The molecule has 0 aliphatic carbocycles. The Kier molecular flexibility index (Phi) is 5.40. The molecule has 1 aliphatic heterocycles. The summed E-state index contributed by atoms with van der Waals surface area (Å²) in [5.41, 5.74) is 3.10. The average molecular weight is 444 g/mol. The fourth-order valence-corrected chi connectivity index (χ4v) is 5.05. The minimum absolute atomic E-state index is 0.0183. The molecule has 2 atom stereocenters. The van der Waals surface area contributed by atoms with Crippen LogP contribution in [0.5, 0.6) is 11.5 Å². The third-order valence-electron chi connectivity index (χ3n) is 5.37. The van der Waals surface area contributed by atoms with E-state index in [0.29, 0.717) is 5.11 Å². The highest BCUT2D eigenvalue weighted by atomic mass is 32.1. The second-order valence-electron chi connectivity index (χ2n) is 7.37. The molecule has 0 bridgehead atoms. The lowest BCUT2D eigenvalue weighted by molar-refractivity contribution is 0.479. The third-order valence-corrected chi connectivity index (χ3v) is 6.63. The van der Waals surface area contributed by atoms with Gasteiger partial charge in [-0.05, 0) is 78.6 Å². The molecule has 6 heteroatoms. The van der Waals surface area contributed by atoms with E-state index < -0.39 is 0 Å². The minimum Gasteiger partial charge on any atom is -0.457 e. The summed E-state index contributed by atoms with van der Waals surface area (Å²) in [6.07, 6.45) is 1.83. The van der Waals surface area contributed by atoms with Crippen LogP contribution < -0.4 is 15.0 Å². The summed E-state index contributed by atoms with van der Waals surface area (Å²) in [5.74, 6) is 1.66. The van der Waals surface area contributed by atoms with Crippen LogP contribution in [0.15, 0.2) is 90.4 Å². The van der Waals surface area contributed by atoms with Crippen molar-refractivity contribution in [3.05, 3.63) is 107 Å². The molecule has 2 aromatic carbocycles. The number of hydrogen-bond donors (Lipinski definition) is 1. The number of thiophene rings is 1. The predicted octanol–water partition coefficient (Wildman–Crippen LogP) is 6.42. The molecular formula is C25H21N3OS2. The summed E-state index contributed by atoms with van der Waals surface area (Å²) >= 11 is 7.50. The summed E-state index contributed by atoms with van der Waals surface area (Å²) in [4.78, 5) is 8.01. The Bertz CT molecular complexity index is 1180. The number of pyridine rings is 1. The van der Waals surface area contributed by atoms with Gasteiger partial charge in [0, 0.05) is 16.8 Å². The Labute approximate surface area is 191 Å². The van der Waals surface area contributed by atoms with Gasteiger partial charge in [-0.3, -0.25) is 4.98 Å². The van der Waals surface area contributed by atoms with E-state index in [4.69, 9.17) is 17.0 Å². The third kappa shape index (κ3) is 3.92. The Hall–Kier alpha value is -3.22. The molecule has 0 saturated carbocycles. The Morgan fingerprint density at radius 1 is 0.968 bits per heavy atom. The van der Waals surface area contributed by atoms with Gasteiger partial charge in [-0.2, -0.15) is 0 Å². The maximum absolute atomic E-state index is 6.07. The van der Waals surface area contributed by atoms with Gasteiger partial charge in [0.1, 0.15) is 11.5 Å². The molecule has 154 valence electrons. The molecule has 4 aromatic rings. The summed E-state index contributed by atoms with van der Waals surface area (Å²) in [7, 11) is 0. The van der Waals surface area contributed by atoms with Gasteiger partial charge in [0.25, 0.3) is 0 Å². The van der Waals surface area contributed by atoms with E-state index in [-0.39, 0.29) is 12.1 Å². The van der Waals surface area contributed by atoms with Crippen molar-refractivity contribution < 1.29 is 4.74 Å². The lowest BCUT2D eigenvalue weighted by atomic mass is 10.0. The van der Waals surface area contributed by atoms with Crippen molar-refractivity contribution in [2.75, 3.05) is 4.90 Å². The summed E-state index contributed by atoms with van der Waals surface area (Å²) in [6, 6.07) is 26.3. The Balaban J connectivity index is 1.46. The van der Waals surface area contributed by atoms with E-state index in [1.54, 1.807) is 11.3 Å². The molecule has 0 unspecified atom stereocenters. The summed E-state index contributed by atoms with van der Waals surface area (Å²) < 4.78 is 6.07. The zero-order chi connectivity index (χ0) is 21.2. The fourth-order valence-electron chi connectivity index (χ4n) is 3.85. The summed E-state index contributed by atoms with van der Waals surface area (Å²) in [6.45, 7) is 2.04. The number of ether oxygens (including phenoxy) is 1. The first kappa shape index (κ1) is 19.7. The van der Waals surface area contributed by atoms with E-state index in [1.807, 2.05) is 67.7 Å². The van der Waals surface area contributed by atoms with Gasteiger partial charge in [0.05, 0.1) is 17.8 Å². The van der Waals surface area contributed by atoms with Crippen LogP contribution in [0.25, 0.3) is 0 Å². The van der Waals surface area contributed by atoms with E-state index in [0.717, 1.165) is 28.4 Å². The average Bonchev–Trinajstić information content (AvgIpc) is 3.44. The van der Waals surface area contributed by atoms with Crippen LogP contribution >= 0.6 is 23.6 Å². The maximum atomic E-state index is 6.07. The lowest BCUT2D eigenvalue weighted by Crippen LogP contribution is -2.28. The number of anilines is 1. The number of benzene rings is 2. The van der Waals surface area contributed by atoms with Crippen LogP contribution in [0.3, 0.4) is 0 Å².